The number of aromatic carboxylic acids is 1. The molecule has 9 heteroatoms. The Morgan fingerprint density at radius 3 is 2.35 bits per heavy atom. The Morgan fingerprint density at radius 1 is 1.09 bits per heavy atom. The lowest BCUT2D eigenvalue weighted by atomic mass is 9.94. The maximum absolute atomic E-state index is 14.6. The number of carboxylic acid groups (broad SMARTS) is 1. The Hall–Kier alpha value is -3.39. The molecule has 0 saturated heterocycles. The number of alkyl halides is 2. The van der Waals surface area contributed by atoms with Gasteiger partial charge >= 0.3 is 5.97 Å². The summed E-state index contributed by atoms with van der Waals surface area (Å²) in [4.78, 5) is 28.4. The van der Waals surface area contributed by atoms with Crippen molar-refractivity contribution >= 4 is 29.2 Å². The lowest BCUT2D eigenvalue weighted by Gasteiger charge is -2.17. The molecule has 1 amide bonds. The molecule has 5 nitrogen and oxygen atoms in total. The molecule has 1 unspecified atom stereocenters. The molecule has 0 spiro atoms. The zero-order chi connectivity index (χ0) is 24.4. The van der Waals surface area contributed by atoms with Crippen LogP contribution < -0.4 is 5.32 Å². The topological polar surface area (TPSA) is 79.3 Å². The first kappa shape index (κ1) is 23.8. The summed E-state index contributed by atoms with van der Waals surface area (Å²) in [7, 11) is 0. The molecule has 0 bridgehead atoms. The Bertz CT molecular complexity index is 1210. The van der Waals surface area contributed by atoms with Gasteiger partial charge in [-0.2, -0.15) is 0 Å². The minimum atomic E-state index is -2.90. The highest BCUT2D eigenvalue weighted by molar-refractivity contribution is 6.31. The van der Waals surface area contributed by atoms with Gasteiger partial charge < -0.3 is 10.4 Å². The summed E-state index contributed by atoms with van der Waals surface area (Å²) in [6, 6.07) is 10.9. The molecular weight excluding hydrogens is 469 g/mol. The standard InChI is InChI=1S/C25H20ClF3N2O3/c26-19-9-8-17(23(28)29)21(22(19)27)15-5-10-20(30-12-15)18(11-13-1-2-13)24(32)31-16-6-3-14(4-7-16)25(33)34/h3-10,12-13,18,23H,1-2,11H2,(H,31,32)(H,33,34). The fraction of sp³-hybridized carbons (Fsp3) is 0.240. The summed E-state index contributed by atoms with van der Waals surface area (Å²) in [5.74, 6) is -2.58. The number of nitrogens with zero attached hydrogens (tertiary/aromatic N) is 1. The van der Waals surface area contributed by atoms with Crippen LogP contribution in [0.25, 0.3) is 11.1 Å². The Morgan fingerprint density at radius 2 is 1.79 bits per heavy atom. The van der Waals surface area contributed by atoms with E-state index in [1.165, 1.54) is 42.6 Å². The van der Waals surface area contributed by atoms with Crippen LogP contribution in [-0.2, 0) is 4.79 Å². The number of halogens is 4. The van der Waals surface area contributed by atoms with Gasteiger partial charge in [0.25, 0.3) is 6.43 Å². The summed E-state index contributed by atoms with van der Waals surface area (Å²) in [5, 5.41) is 11.5. The van der Waals surface area contributed by atoms with Crippen LogP contribution in [0.1, 0.15) is 53.2 Å². The first-order valence-corrected chi connectivity index (χ1v) is 11.0. The lowest BCUT2D eigenvalue weighted by molar-refractivity contribution is -0.117. The third kappa shape index (κ3) is 5.22. The number of nitrogens with one attached hydrogen (secondary N) is 1. The number of carbonyl (C=O) groups excluding carboxylic acids is 1. The molecule has 3 aromatic rings. The Kier molecular flexibility index (Phi) is 6.88. The molecule has 1 heterocycles. The number of aromatic nitrogens is 1. The van der Waals surface area contributed by atoms with Crippen molar-refractivity contribution in [2.24, 2.45) is 5.92 Å². The van der Waals surface area contributed by atoms with Crippen LogP contribution in [0, 0.1) is 11.7 Å². The molecule has 1 atom stereocenters. The molecule has 1 saturated carbocycles. The van der Waals surface area contributed by atoms with Gasteiger partial charge in [0, 0.05) is 28.6 Å². The van der Waals surface area contributed by atoms with Crippen LogP contribution in [0.4, 0.5) is 18.9 Å². The van der Waals surface area contributed by atoms with Gasteiger partial charge in [-0.1, -0.05) is 36.6 Å². The highest BCUT2D eigenvalue weighted by Crippen LogP contribution is 2.40. The van der Waals surface area contributed by atoms with E-state index in [9.17, 15) is 22.8 Å². The molecule has 1 aliphatic carbocycles. The van der Waals surface area contributed by atoms with E-state index in [2.05, 4.69) is 10.3 Å². The van der Waals surface area contributed by atoms with Crippen LogP contribution in [0.2, 0.25) is 5.02 Å². The largest absolute Gasteiger partial charge is 0.478 e. The molecule has 4 rings (SSSR count). The SMILES string of the molecule is O=C(O)c1ccc(NC(=O)C(CC2CC2)c2ccc(-c3c(C(F)F)ccc(Cl)c3F)cn2)cc1. The second kappa shape index (κ2) is 9.85. The zero-order valence-electron chi connectivity index (χ0n) is 17.8. The van der Waals surface area contributed by atoms with E-state index in [4.69, 9.17) is 16.7 Å². The number of pyridine rings is 1. The van der Waals surface area contributed by atoms with Gasteiger partial charge in [0.1, 0.15) is 5.82 Å². The summed E-state index contributed by atoms with van der Waals surface area (Å²) in [6.45, 7) is 0. The highest BCUT2D eigenvalue weighted by atomic mass is 35.5. The fourth-order valence-corrected chi connectivity index (χ4v) is 3.93. The number of amides is 1. The van der Waals surface area contributed by atoms with Crippen molar-refractivity contribution in [3.05, 3.63) is 82.4 Å². The van der Waals surface area contributed by atoms with Crippen LogP contribution in [0.15, 0.2) is 54.7 Å². The molecule has 176 valence electrons. The number of carbonyl (C=O) groups is 2. The first-order chi connectivity index (χ1) is 16.2. The molecule has 0 radical (unpaired) electrons. The molecule has 1 fully saturated rings. The van der Waals surface area contributed by atoms with Crippen LogP contribution >= 0.6 is 11.6 Å². The Labute approximate surface area is 198 Å². The molecule has 2 aromatic carbocycles. The van der Waals surface area contributed by atoms with Gasteiger partial charge in [0.15, 0.2) is 0 Å². The summed E-state index contributed by atoms with van der Waals surface area (Å²) >= 11 is 5.81. The van der Waals surface area contributed by atoms with Gasteiger partial charge in [-0.3, -0.25) is 9.78 Å². The quantitative estimate of drug-likeness (QED) is 0.370. The van der Waals surface area contributed by atoms with Crippen molar-refractivity contribution in [1.82, 2.24) is 4.98 Å². The smallest absolute Gasteiger partial charge is 0.335 e. The van der Waals surface area contributed by atoms with Crippen molar-refractivity contribution in [3.8, 4) is 11.1 Å². The zero-order valence-corrected chi connectivity index (χ0v) is 18.5. The summed E-state index contributed by atoms with van der Waals surface area (Å²) < 4.78 is 41.5. The monoisotopic (exact) mass is 488 g/mol. The van der Waals surface area contributed by atoms with Crippen molar-refractivity contribution < 1.29 is 27.9 Å². The minimum Gasteiger partial charge on any atom is -0.478 e. The molecular formula is C25H20ClF3N2O3. The van der Waals surface area contributed by atoms with E-state index in [1.54, 1.807) is 0 Å². The highest BCUT2D eigenvalue weighted by Gasteiger charge is 2.31. The maximum atomic E-state index is 14.6. The van der Waals surface area contributed by atoms with E-state index in [0.29, 0.717) is 23.7 Å². The summed E-state index contributed by atoms with van der Waals surface area (Å²) in [5.41, 5.74) is 0.290. The van der Waals surface area contributed by atoms with Crippen molar-refractivity contribution in [2.45, 2.75) is 31.6 Å². The number of rotatable bonds is 8. The lowest BCUT2D eigenvalue weighted by Crippen LogP contribution is -2.22. The first-order valence-electron chi connectivity index (χ1n) is 10.6. The third-order valence-electron chi connectivity index (χ3n) is 5.78. The molecule has 1 aromatic heterocycles. The van der Waals surface area contributed by atoms with E-state index < -0.39 is 29.7 Å². The third-order valence-corrected chi connectivity index (χ3v) is 6.07. The fourth-order valence-electron chi connectivity index (χ4n) is 3.77. The van der Waals surface area contributed by atoms with E-state index in [-0.39, 0.29) is 27.6 Å². The van der Waals surface area contributed by atoms with Crippen LogP contribution in [-0.4, -0.2) is 22.0 Å². The maximum Gasteiger partial charge on any atom is 0.335 e. The van der Waals surface area contributed by atoms with Gasteiger partial charge in [-0.25, -0.2) is 18.0 Å². The molecule has 34 heavy (non-hydrogen) atoms. The van der Waals surface area contributed by atoms with Gasteiger partial charge in [0.05, 0.1) is 22.2 Å². The molecule has 0 aliphatic heterocycles. The average molecular weight is 489 g/mol. The van der Waals surface area contributed by atoms with Crippen LogP contribution in [0.5, 0.6) is 0 Å². The van der Waals surface area contributed by atoms with E-state index in [0.717, 1.165) is 25.0 Å². The van der Waals surface area contributed by atoms with Gasteiger partial charge in [-0.05, 0) is 48.7 Å². The van der Waals surface area contributed by atoms with Gasteiger partial charge in [0.2, 0.25) is 5.91 Å². The number of hydrogen-bond acceptors (Lipinski definition) is 3. The normalized spacial score (nSPS) is 14.1. The second-order valence-electron chi connectivity index (χ2n) is 8.20. The predicted molar refractivity (Wildman–Crippen MR) is 122 cm³/mol. The number of hydrogen-bond donors (Lipinski definition) is 2. The number of anilines is 1. The van der Waals surface area contributed by atoms with Crippen LogP contribution in [0.3, 0.4) is 0 Å². The molecule has 1 aliphatic rings. The predicted octanol–water partition coefficient (Wildman–Crippen LogP) is 6.70. The van der Waals surface area contributed by atoms with Gasteiger partial charge in [-0.15, -0.1) is 0 Å². The number of carboxylic acids is 1. The van der Waals surface area contributed by atoms with E-state index >= 15 is 0 Å². The molecule has 2 N–H and O–H groups in total. The number of benzene rings is 2. The second-order valence-corrected chi connectivity index (χ2v) is 8.61. The van der Waals surface area contributed by atoms with Crippen molar-refractivity contribution in [2.75, 3.05) is 5.32 Å². The summed E-state index contributed by atoms with van der Waals surface area (Å²) in [6.07, 6.45) is 0.924. The van der Waals surface area contributed by atoms with Crippen molar-refractivity contribution in [3.63, 3.8) is 0 Å². The van der Waals surface area contributed by atoms with Crippen molar-refractivity contribution in [1.29, 1.82) is 0 Å². The minimum absolute atomic E-state index is 0.0983. The average Bonchev–Trinajstić information content (AvgIpc) is 3.64. The van der Waals surface area contributed by atoms with E-state index in [1.807, 2.05) is 0 Å². The Balaban J connectivity index is 1.60.